The molecule has 1 aromatic carbocycles. The third kappa shape index (κ3) is 2.26. The summed E-state index contributed by atoms with van der Waals surface area (Å²) in [6.07, 6.45) is 2.43. The fourth-order valence-electron chi connectivity index (χ4n) is 2.99. The lowest BCUT2D eigenvalue weighted by Crippen LogP contribution is -2.20. The number of fused-ring (bicyclic) bond motifs is 1. The number of H-pyrrole nitrogens is 1. The van der Waals surface area contributed by atoms with E-state index in [4.69, 9.17) is 22.2 Å². The van der Waals surface area contributed by atoms with Crippen LogP contribution in [-0.2, 0) is 11.3 Å². The smallest absolute Gasteiger partial charge is 0.178 e. The molecule has 0 aliphatic carbocycles. The molecule has 0 saturated carbocycles. The lowest BCUT2D eigenvalue weighted by molar-refractivity contribution is 0.0837. The predicted octanol–water partition coefficient (Wildman–Crippen LogP) is 3.39. The Morgan fingerprint density at radius 2 is 2.40 bits per heavy atom. The van der Waals surface area contributed by atoms with E-state index < -0.39 is 0 Å². The number of ether oxygens (including phenoxy) is 1. The molecule has 0 amide bonds. The molecule has 2 heterocycles. The molecule has 1 fully saturated rings. The first-order valence-corrected chi connectivity index (χ1v) is 7.38. The molecule has 1 aromatic heterocycles. The van der Waals surface area contributed by atoms with Crippen molar-refractivity contribution in [2.24, 2.45) is 5.92 Å². The van der Waals surface area contributed by atoms with Crippen molar-refractivity contribution in [3.05, 3.63) is 28.5 Å². The van der Waals surface area contributed by atoms with Gasteiger partial charge in [-0.25, -0.2) is 0 Å². The predicted molar refractivity (Wildman–Crippen MR) is 80.0 cm³/mol. The van der Waals surface area contributed by atoms with E-state index in [1.165, 1.54) is 0 Å². The minimum Gasteiger partial charge on any atom is -0.378 e. The molecule has 1 aliphatic heterocycles. The molecule has 1 aliphatic rings. The largest absolute Gasteiger partial charge is 0.378 e. The van der Waals surface area contributed by atoms with Crippen molar-refractivity contribution >= 4 is 23.3 Å². The van der Waals surface area contributed by atoms with E-state index in [9.17, 15) is 0 Å². The fourth-order valence-corrected chi connectivity index (χ4v) is 3.27. The van der Waals surface area contributed by atoms with Crippen LogP contribution in [0.2, 0.25) is 0 Å². The second-order valence-electron chi connectivity index (χ2n) is 5.25. The molecule has 0 spiro atoms. The van der Waals surface area contributed by atoms with Gasteiger partial charge in [0.15, 0.2) is 4.77 Å². The lowest BCUT2D eigenvalue weighted by atomic mass is 9.99. The van der Waals surface area contributed by atoms with Gasteiger partial charge in [-0.2, -0.15) is 5.26 Å². The molecule has 2 unspecified atom stereocenters. The van der Waals surface area contributed by atoms with Crippen LogP contribution in [0.4, 0.5) is 0 Å². The Balaban J connectivity index is 2.00. The van der Waals surface area contributed by atoms with Gasteiger partial charge in [-0.1, -0.05) is 6.92 Å². The van der Waals surface area contributed by atoms with E-state index in [0.29, 0.717) is 17.6 Å². The first-order valence-electron chi connectivity index (χ1n) is 6.97. The molecule has 4 nitrogen and oxygen atoms in total. The zero-order valence-electron chi connectivity index (χ0n) is 11.4. The summed E-state index contributed by atoms with van der Waals surface area (Å²) in [6.45, 7) is 3.85. The Morgan fingerprint density at radius 1 is 1.55 bits per heavy atom. The molecule has 0 radical (unpaired) electrons. The quantitative estimate of drug-likeness (QED) is 0.880. The van der Waals surface area contributed by atoms with E-state index in [1.54, 1.807) is 0 Å². The zero-order chi connectivity index (χ0) is 14.1. The highest BCUT2D eigenvalue weighted by molar-refractivity contribution is 7.71. The molecular formula is C15H17N3OS. The van der Waals surface area contributed by atoms with E-state index in [-0.39, 0.29) is 0 Å². The van der Waals surface area contributed by atoms with Gasteiger partial charge in [0.2, 0.25) is 0 Å². The van der Waals surface area contributed by atoms with Crippen LogP contribution in [-0.4, -0.2) is 22.3 Å². The van der Waals surface area contributed by atoms with Gasteiger partial charge in [-0.05, 0) is 43.3 Å². The summed E-state index contributed by atoms with van der Waals surface area (Å²) in [5.74, 6) is 0.497. The number of nitrogens with zero attached hydrogens (tertiary/aromatic N) is 2. The van der Waals surface area contributed by atoms with Crippen LogP contribution in [0.15, 0.2) is 18.2 Å². The number of hydrogen-bond acceptors (Lipinski definition) is 3. The second kappa shape index (κ2) is 5.39. The van der Waals surface area contributed by atoms with E-state index in [0.717, 1.165) is 41.8 Å². The third-order valence-electron chi connectivity index (χ3n) is 4.07. The van der Waals surface area contributed by atoms with Crippen LogP contribution in [0.1, 0.15) is 25.3 Å². The number of nitriles is 1. The van der Waals surface area contributed by atoms with Gasteiger partial charge in [-0.15, -0.1) is 0 Å². The van der Waals surface area contributed by atoms with Crippen molar-refractivity contribution in [1.29, 1.82) is 5.26 Å². The SMILES string of the molecule is CCC1OCCC1Cn1c(=S)[nH]c2ccc(C#N)cc21. The Kier molecular flexibility index (Phi) is 3.60. The number of benzene rings is 1. The number of nitrogens with one attached hydrogen (secondary N) is 1. The maximum Gasteiger partial charge on any atom is 0.178 e. The van der Waals surface area contributed by atoms with E-state index in [2.05, 4.69) is 22.5 Å². The number of rotatable bonds is 3. The monoisotopic (exact) mass is 287 g/mol. The van der Waals surface area contributed by atoms with Gasteiger partial charge >= 0.3 is 0 Å². The average Bonchev–Trinajstić information content (AvgIpc) is 3.03. The number of aromatic nitrogens is 2. The van der Waals surface area contributed by atoms with Gasteiger partial charge in [0, 0.05) is 19.1 Å². The van der Waals surface area contributed by atoms with Crippen LogP contribution in [0.25, 0.3) is 11.0 Å². The lowest BCUT2D eigenvalue weighted by Gasteiger charge is -2.17. The van der Waals surface area contributed by atoms with Crippen molar-refractivity contribution < 1.29 is 4.74 Å². The van der Waals surface area contributed by atoms with Gasteiger partial charge in [0.1, 0.15) is 0 Å². The standard InChI is InChI=1S/C15H17N3OS/c1-2-14-11(5-6-19-14)9-18-13-7-10(8-16)3-4-12(13)17-15(18)20/h3-4,7,11,14H,2,5-6,9H2,1H3,(H,17,20). The van der Waals surface area contributed by atoms with E-state index in [1.807, 2.05) is 18.2 Å². The van der Waals surface area contributed by atoms with Crippen molar-refractivity contribution in [3.63, 3.8) is 0 Å². The van der Waals surface area contributed by atoms with Crippen molar-refractivity contribution in [1.82, 2.24) is 9.55 Å². The molecular weight excluding hydrogens is 270 g/mol. The maximum atomic E-state index is 9.04. The van der Waals surface area contributed by atoms with Crippen molar-refractivity contribution in [3.8, 4) is 6.07 Å². The van der Waals surface area contributed by atoms with Gasteiger partial charge in [0.25, 0.3) is 0 Å². The summed E-state index contributed by atoms with van der Waals surface area (Å²) in [7, 11) is 0. The molecule has 20 heavy (non-hydrogen) atoms. The Bertz CT molecular complexity index is 725. The van der Waals surface area contributed by atoms with Crippen LogP contribution < -0.4 is 0 Å². The Labute approximate surface area is 123 Å². The fraction of sp³-hybridized carbons (Fsp3) is 0.467. The number of imidazole rings is 1. The minimum absolute atomic E-state index is 0.320. The molecule has 2 aromatic rings. The molecule has 3 rings (SSSR count). The topological polar surface area (TPSA) is 53.7 Å². The van der Waals surface area contributed by atoms with Crippen LogP contribution in [0.3, 0.4) is 0 Å². The first kappa shape index (κ1) is 13.3. The van der Waals surface area contributed by atoms with Crippen LogP contribution in [0.5, 0.6) is 0 Å². The summed E-state index contributed by atoms with van der Waals surface area (Å²) >= 11 is 5.43. The minimum atomic E-state index is 0.320. The highest BCUT2D eigenvalue weighted by Crippen LogP contribution is 2.27. The van der Waals surface area contributed by atoms with Gasteiger partial charge < -0.3 is 14.3 Å². The molecule has 2 atom stereocenters. The Hall–Kier alpha value is -1.64. The number of hydrogen-bond donors (Lipinski definition) is 1. The maximum absolute atomic E-state index is 9.04. The molecule has 1 saturated heterocycles. The van der Waals surface area contributed by atoms with Crippen LogP contribution in [0, 0.1) is 22.0 Å². The number of aromatic amines is 1. The molecule has 0 bridgehead atoms. The normalized spacial score (nSPS) is 22.2. The summed E-state index contributed by atoms with van der Waals surface area (Å²) in [6, 6.07) is 7.81. The summed E-state index contributed by atoms with van der Waals surface area (Å²) < 4.78 is 8.57. The third-order valence-corrected chi connectivity index (χ3v) is 4.39. The Morgan fingerprint density at radius 3 is 3.15 bits per heavy atom. The van der Waals surface area contributed by atoms with Crippen molar-refractivity contribution in [2.75, 3.05) is 6.61 Å². The highest BCUT2D eigenvalue weighted by atomic mass is 32.1. The highest BCUT2D eigenvalue weighted by Gasteiger charge is 2.27. The summed E-state index contributed by atoms with van der Waals surface area (Å²) in [5.41, 5.74) is 2.66. The molecule has 5 heteroatoms. The van der Waals surface area contributed by atoms with E-state index >= 15 is 0 Å². The first-order chi connectivity index (χ1) is 9.72. The zero-order valence-corrected chi connectivity index (χ0v) is 12.2. The van der Waals surface area contributed by atoms with Crippen LogP contribution >= 0.6 is 12.2 Å². The van der Waals surface area contributed by atoms with Crippen molar-refractivity contribution in [2.45, 2.75) is 32.4 Å². The molecule has 104 valence electrons. The van der Waals surface area contributed by atoms with Gasteiger partial charge in [0.05, 0.1) is 28.8 Å². The average molecular weight is 287 g/mol. The van der Waals surface area contributed by atoms with Gasteiger partial charge in [-0.3, -0.25) is 0 Å². The second-order valence-corrected chi connectivity index (χ2v) is 5.64. The summed E-state index contributed by atoms with van der Waals surface area (Å²) in [4.78, 5) is 3.21. The molecule has 1 N–H and O–H groups in total. The summed E-state index contributed by atoms with van der Waals surface area (Å²) in [5, 5.41) is 9.04.